The highest BCUT2D eigenvalue weighted by molar-refractivity contribution is 7.92. The summed E-state index contributed by atoms with van der Waals surface area (Å²) in [6.45, 7) is 4.88. The fourth-order valence-corrected chi connectivity index (χ4v) is 4.77. The van der Waals surface area contributed by atoms with Crippen LogP contribution in [-0.4, -0.2) is 57.1 Å². The van der Waals surface area contributed by atoms with E-state index in [1.54, 1.807) is 37.3 Å². The van der Waals surface area contributed by atoms with Crippen LogP contribution in [0.1, 0.15) is 32.8 Å². The number of rotatable bonds is 11. The molecule has 0 unspecified atom stereocenters. The molecule has 0 fully saturated rings. The molecule has 2 aromatic carbocycles. The minimum absolute atomic E-state index is 0.0206. The van der Waals surface area contributed by atoms with Gasteiger partial charge in [-0.25, -0.2) is 8.42 Å². The highest BCUT2D eigenvalue weighted by Crippen LogP contribution is 2.33. The molecule has 192 valence electrons. The highest BCUT2D eigenvalue weighted by atomic mass is 35.5. The molecule has 0 spiro atoms. The zero-order valence-electron chi connectivity index (χ0n) is 20.4. The molecule has 1 N–H and O–H groups in total. The Labute approximate surface area is 217 Å². The van der Waals surface area contributed by atoms with Gasteiger partial charge in [-0.3, -0.25) is 13.9 Å². The summed E-state index contributed by atoms with van der Waals surface area (Å²) in [5.74, 6) is -0.688. The van der Waals surface area contributed by atoms with Gasteiger partial charge in [-0.1, -0.05) is 48.3 Å². The van der Waals surface area contributed by atoms with E-state index in [1.165, 1.54) is 24.1 Å². The van der Waals surface area contributed by atoms with E-state index in [0.717, 1.165) is 10.6 Å². The number of benzene rings is 2. The van der Waals surface area contributed by atoms with Gasteiger partial charge in [0.25, 0.3) is 0 Å². The second kappa shape index (κ2) is 12.5. The number of carbonyl (C=O) groups is 2. The predicted octanol–water partition coefficient (Wildman–Crippen LogP) is 4.10. The number of nitrogens with zero attached hydrogens (tertiary/aromatic N) is 2. The number of nitrogens with one attached hydrogen (secondary N) is 1. The van der Waals surface area contributed by atoms with Crippen molar-refractivity contribution in [2.45, 2.75) is 45.8 Å². The number of amides is 2. The van der Waals surface area contributed by atoms with E-state index >= 15 is 0 Å². The summed E-state index contributed by atoms with van der Waals surface area (Å²) in [6.07, 6.45) is 1.30. The number of anilines is 1. The summed E-state index contributed by atoms with van der Waals surface area (Å²) >= 11 is 12.5. The fourth-order valence-electron chi connectivity index (χ4n) is 3.56. The number of methoxy groups -OCH3 is 1. The Morgan fingerprint density at radius 2 is 1.77 bits per heavy atom. The van der Waals surface area contributed by atoms with E-state index in [4.69, 9.17) is 27.9 Å². The number of hydrogen-bond donors (Lipinski definition) is 1. The van der Waals surface area contributed by atoms with Gasteiger partial charge < -0.3 is 15.0 Å². The summed E-state index contributed by atoms with van der Waals surface area (Å²) < 4.78 is 31.7. The third-order valence-electron chi connectivity index (χ3n) is 5.20. The van der Waals surface area contributed by atoms with Gasteiger partial charge in [0.2, 0.25) is 21.8 Å². The molecule has 0 radical (unpaired) electrons. The van der Waals surface area contributed by atoms with Gasteiger partial charge in [-0.15, -0.1) is 0 Å². The molecule has 2 amide bonds. The van der Waals surface area contributed by atoms with Crippen molar-refractivity contribution in [2.75, 3.05) is 24.2 Å². The SMILES string of the molecule is CC[C@H](C(=O)NC(C)C)N(Cc1ccccc1Cl)C(=O)CN(c1cc(Cl)ccc1OC)S(C)(=O)=O. The Morgan fingerprint density at radius 1 is 1.11 bits per heavy atom. The van der Waals surface area contributed by atoms with Crippen LogP contribution in [0.3, 0.4) is 0 Å². The first-order valence-corrected chi connectivity index (χ1v) is 13.6. The number of carbonyl (C=O) groups excluding carboxylic acids is 2. The van der Waals surface area contributed by atoms with Gasteiger partial charge >= 0.3 is 0 Å². The lowest BCUT2D eigenvalue weighted by Gasteiger charge is -2.33. The normalized spacial score (nSPS) is 12.2. The average molecular weight is 545 g/mol. The number of sulfonamides is 1. The summed E-state index contributed by atoms with van der Waals surface area (Å²) in [6, 6.07) is 10.5. The zero-order chi connectivity index (χ0) is 26.3. The summed E-state index contributed by atoms with van der Waals surface area (Å²) in [7, 11) is -2.54. The van der Waals surface area contributed by atoms with Crippen LogP contribution in [0.15, 0.2) is 42.5 Å². The zero-order valence-corrected chi connectivity index (χ0v) is 22.7. The first-order chi connectivity index (χ1) is 16.4. The molecule has 0 heterocycles. The van der Waals surface area contributed by atoms with Crippen molar-refractivity contribution in [1.29, 1.82) is 0 Å². The van der Waals surface area contributed by atoms with Gasteiger partial charge in [-0.05, 0) is 50.1 Å². The smallest absolute Gasteiger partial charge is 0.244 e. The van der Waals surface area contributed by atoms with Crippen LogP contribution < -0.4 is 14.4 Å². The third-order valence-corrected chi connectivity index (χ3v) is 6.93. The van der Waals surface area contributed by atoms with Crippen molar-refractivity contribution in [2.24, 2.45) is 0 Å². The van der Waals surface area contributed by atoms with Crippen LogP contribution in [0.4, 0.5) is 5.69 Å². The lowest BCUT2D eigenvalue weighted by Crippen LogP contribution is -2.53. The third kappa shape index (κ3) is 7.75. The van der Waals surface area contributed by atoms with Crippen molar-refractivity contribution in [3.8, 4) is 5.75 Å². The predicted molar refractivity (Wildman–Crippen MR) is 140 cm³/mol. The topological polar surface area (TPSA) is 96.0 Å². The molecule has 2 aromatic rings. The number of hydrogen-bond acceptors (Lipinski definition) is 5. The second-order valence-corrected chi connectivity index (χ2v) is 11.0. The number of ether oxygens (including phenoxy) is 1. The molecule has 0 aliphatic heterocycles. The van der Waals surface area contributed by atoms with Crippen molar-refractivity contribution < 1.29 is 22.7 Å². The van der Waals surface area contributed by atoms with E-state index in [0.29, 0.717) is 17.0 Å². The molecule has 0 bridgehead atoms. The minimum Gasteiger partial charge on any atom is -0.495 e. The Morgan fingerprint density at radius 3 is 2.31 bits per heavy atom. The van der Waals surface area contributed by atoms with E-state index in [1.807, 2.05) is 13.8 Å². The molecular formula is C24H31Cl2N3O5S. The van der Waals surface area contributed by atoms with Gasteiger partial charge in [0.05, 0.1) is 19.1 Å². The Balaban J connectivity index is 2.53. The van der Waals surface area contributed by atoms with Crippen LogP contribution in [0.25, 0.3) is 0 Å². The first-order valence-electron chi connectivity index (χ1n) is 11.0. The van der Waals surface area contributed by atoms with Gasteiger partial charge in [0, 0.05) is 22.6 Å². The molecule has 0 aromatic heterocycles. The average Bonchev–Trinajstić information content (AvgIpc) is 2.77. The Kier molecular flexibility index (Phi) is 10.2. The maximum Gasteiger partial charge on any atom is 0.244 e. The molecular weight excluding hydrogens is 513 g/mol. The van der Waals surface area contributed by atoms with E-state index in [2.05, 4.69) is 5.32 Å². The Bertz CT molecular complexity index is 1160. The van der Waals surface area contributed by atoms with E-state index in [-0.39, 0.29) is 35.0 Å². The maximum atomic E-state index is 13.7. The molecule has 0 aliphatic carbocycles. The minimum atomic E-state index is -3.93. The fraction of sp³-hybridized carbons (Fsp3) is 0.417. The quantitative estimate of drug-likeness (QED) is 0.460. The van der Waals surface area contributed by atoms with Gasteiger partial charge in [-0.2, -0.15) is 0 Å². The molecule has 0 saturated carbocycles. The maximum absolute atomic E-state index is 13.7. The lowest BCUT2D eigenvalue weighted by molar-refractivity contribution is -0.140. The van der Waals surface area contributed by atoms with Crippen LogP contribution in [0, 0.1) is 0 Å². The standard InChI is InChI=1S/C24H31Cl2N3O5S/c1-6-20(24(31)27-16(2)3)28(14-17-9-7-8-10-19(17)26)23(30)15-29(35(5,32)33)21-13-18(25)11-12-22(21)34-4/h7-13,16,20H,6,14-15H2,1-5H3,(H,27,31)/t20-/m1/s1. The van der Waals surface area contributed by atoms with E-state index in [9.17, 15) is 18.0 Å². The van der Waals surface area contributed by atoms with Crippen molar-refractivity contribution >= 4 is 50.7 Å². The van der Waals surface area contributed by atoms with Crippen LogP contribution in [0.5, 0.6) is 5.75 Å². The van der Waals surface area contributed by atoms with Crippen molar-refractivity contribution in [3.63, 3.8) is 0 Å². The lowest BCUT2D eigenvalue weighted by atomic mass is 10.1. The summed E-state index contributed by atoms with van der Waals surface area (Å²) in [5.41, 5.74) is 0.748. The second-order valence-electron chi connectivity index (χ2n) is 8.29. The summed E-state index contributed by atoms with van der Waals surface area (Å²) in [4.78, 5) is 28.0. The van der Waals surface area contributed by atoms with Crippen LogP contribution in [-0.2, 0) is 26.2 Å². The molecule has 8 nitrogen and oxygen atoms in total. The Hall–Kier alpha value is -2.49. The van der Waals surface area contributed by atoms with Crippen molar-refractivity contribution in [1.82, 2.24) is 10.2 Å². The summed E-state index contributed by atoms with van der Waals surface area (Å²) in [5, 5.41) is 3.54. The highest BCUT2D eigenvalue weighted by Gasteiger charge is 2.33. The molecule has 2 rings (SSSR count). The van der Waals surface area contributed by atoms with Crippen LogP contribution in [0.2, 0.25) is 10.0 Å². The van der Waals surface area contributed by atoms with Gasteiger partial charge in [0.1, 0.15) is 18.3 Å². The van der Waals surface area contributed by atoms with E-state index < -0.39 is 28.5 Å². The molecule has 0 saturated heterocycles. The monoisotopic (exact) mass is 543 g/mol. The van der Waals surface area contributed by atoms with Crippen LogP contribution >= 0.6 is 23.2 Å². The number of halogens is 2. The molecule has 35 heavy (non-hydrogen) atoms. The molecule has 0 aliphatic rings. The van der Waals surface area contributed by atoms with Gasteiger partial charge in [0.15, 0.2) is 0 Å². The molecule has 11 heteroatoms. The first kappa shape index (κ1) is 28.7. The van der Waals surface area contributed by atoms with Crippen molar-refractivity contribution in [3.05, 3.63) is 58.1 Å². The largest absolute Gasteiger partial charge is 0.495 e. The molecule has 1 atom stereocenters.